The first-order valence-electron chi connectivity index (χ1n) is 12.0. The van der Waals surface area contributed by atoms with Crippen LogP contribution in [-0.2, 0) is 16.1 Å². The predicted octanol–water partition coefficient (Wildman–Crippen LogP) is 6.36. The summed E-state index contributed by atoms with van der Waals surface area (Å²) in [6.07, 6.45) is 5.39. The van der Waals surface area contributed by atoms with E-state index in [-0.39, 0.29) is 31.0 Å². The average molecular weight is 505 g/mol. The van der Waals surface area contributed by atoms with Crippen LogP contribution in [-0.4, -0.2) is 35.4 Å². The number of benzene rings is 2. The van der Waals surface area contributed by atoms with E-state index in [1.54, 1.807) is 25.1 Å². The molecule has 184 valence electrons. The van der Waals surface area contributed by atoms with Crippen LogP contribution >= 0.6 is 23.2 Å². The van der Waals surface area contributed by atoms with Gasteiger partial charge in [-0.3, -0.25) is 9.59 Å². The van der Waals surface area contributed by atoms with Gasteiger partial charge in [0.15, 0.2) is 6.61 Å². The van der Waals surface area contributed by atoms with Crippen molar-refractivity contribution in [2.24, 2.45) is 0 Å². The third-order valence-corrected chi connectivity index (χ3v) is 6.97. The fraction of sp³-hybridized carbons (Fsp3) is 0.481. The van der Waals surface area contributed by atoms with E-state index < -0.39 is 6.04 Å². The monoisotopic (exact) mass is 504 g/mol. The van der Waals surface area contributed by atoms with Crippen molar-refractivity contribution in [3.8, 4) is 5.75 Å². The van der Waals surface area contributed by atoms with Gasteiger partial charge >= 0.3 is 0 Å². The van der Waals surface area contributed by atoms with E-state index in [1.165, 1.54) is 16.9 Å². The highest BCUT2D eigenvalue weighted by atomic mass is 35.5. The number of carbonyl (C=O) groups excluding carboxylic acids is 2. The minimum absolute atomic E-state index is 0.161. The zero-order valence-electron chi connectivity index (χ0n) is 20.2. The van der Waals surface area contributed by atoms with Gasteiger partial charge in [-0.25, -0.2) is 0 Å². The second kappa shape index (κ2) is 12.5. The molecule has 1 aliphatic carbocycles. The molecule has 1 N–H and O–H groups in total. The minimum atomic E-state index is -0.673. The van der Waals surface area contributed by atoms with Crippen LogP contribution in [0.4, 0.5) is 0 Å². The Morgan fingerprint density at radius 1 is 1.03 bits per heavy atom. The lowest BCUT2D eigenvalue weighted by molar-refractivity contribution is -0.142. The van der Waals surface area contributed by atoms with Crippen LogP contribution in [0.5, 0.6) is 5.75 Å². The number of hydrogen-bond donors (Lipinski definition) is 1. The van der Waals surface area contributed by atoms with Crippen molar-refractivity contribution in [1.29, 1.82) is 0 Å². The van der Waals surface area contributed by atoms with Crippen molar-refractivity contribution in [3.63, 3.8) is 0 Å². The summed E-state index contributed by atoms with van der Waals surface area (Å²) >= 11 is 12.4. The topological polar surface area (TPSA) is 58.6 Å². The fourth-order valence-electron chi connectivity index (χ4n) is 4.16. The quantitative estimate of drug-likeness (QED) is 0.431. The number of nitrogens with zero attached hydrogens (tertiary/aromatic N) is 1. The summed E-state index contributed by atoms with van der Waals surface area (Å²) in [5.74, 6) is 0.581. The molecule has 34 heavy (non-hydrogen) atoms. The van der Waals surface area contributed by atoms with E-state index in [0.29, 0.717) is 21.7 Å². The number of amides is 2. The normalized spacial score (nSPS) is 15.1. The van der Waals surface area contributed by atoms with E-state index in [1.807, 2.05) is 24.3 Å². The van der Waals surface area contributed by atoms with Crippen molar-refractivity contribution in [1.82, 2.24) is 10.2 Å². The number of carbonyl (C=O) groups is 2. The van der Waals surface area contributed by atoms with Crippen LogP contribution in [0.1, 0.15) is 69.9 Å². The van der Waals surface area contributed by atoms with Gasteiger partial charge in [0, 0.05) is 22.6 Å². The van der Waals surface area contributed by atoms with E-state index >= 15 is 0 Å². The van der Waals surface area contributed by atoms with Gasteiger partial charge in [0.25, 0.3) is 5.91 Å². The molecular weight excluding hydrogens is 471 g/mol. The van der Waals surface area contributed by atoms with Crippen LogP contribution < -0.4 is 10.1 Å². The van der Waals surface area contributed by atoms with E-state index in [9.17, 15) is 9.59 Å². The molecule has 0 radical (unpaired) electrons. The first kappa shape index (κ1) is 26.4. The number of halogens is 2. The Morgan fingerprint density at radius 2 is 1.71 bits per heavy atom. The average Bonchev–Trinajstić information content (AvgIpc) is 2.82. The molecule has 1 fully saturated rings. The van der Waals surface area contributed by atoms with Crippen molar-refractivity contribution in [3.05, 3.63) is 63.6 Å². The van der Waals surface area contributed by atoms with E-state index in [4.69, 9.17) is 27.9 Å². The van der Waals surface area contributed by atoms with Gasteiger partial charge in [0.1, 0.15) is 11.8 Å². The van der Waals surface area contributed by atoms with Crippen LogP contribution in [0.15, 0.2) is 42.5 Å². The van der Waals surface area contributed by atoms with E-state index in [0.717, 1.165) is 31.2 Å². The first-order chi connectivity index (χ1) is 16.2. The van der Waals surface area contributed by atoms with Gasteiger partial charge in [-0.2, -0.15) is 0 Å². The molecule has 2 amide bonds. The fourth-order valence-corrected chi connectivity index (χ4v) is 4.63. The summed E-state index contributed by atoms with van der Waals surface area (Å²) in [5, 5.41) is 4.10. The summed E-state index contributed by atoms with van der Waals surface area (Å²) in [6.45, 7) is 6.01. The molecular formula is C27H34Cl2N2O3. The Bertz CT molecular complexity index is 972. The molecule has 1 aliphatic rings. The molecule has 7 heteroatoms. The number of nitrogens with one attached hydrogen (secondary N) is 1. The highest BCUT2D eigenvalue weighted by Gasteiger charge is 2.29. The van der Waals surface area contributed by atoms with Crippen LogP contribution in [0.3, 0.4) is 0 Å². The zero-order valence-corrected chi connectivity index (χ0v) is 21.7. The lowest BCUT2D eigenvalue weighted by atomic mass is 9.95. The van der Waals surface area contributed by atoms with Gasteiger partial charge in [0.05, 0.1) is 0 Å². The van der Waals surface area contributed by atoms with Gasteiger partial charge in [-0.15, -0.1) is 0 Å². The highest BCUT2D eigenvalue weighted by Crippen LogP contribution is 2.24. The minimum Gasteiger partial charge on any atom is -0.484 e. The Morgan fingerprint density at radius 3 is 2.32 bits per heavy atom. The first-order valence-corrected chi connectivity index (χ1v) is 12.8. The lowest BCUT2D eigenvalue weighted by Crippen LogP contribution is -2.51. The summed E-state index contributed by atoms with van der Waals surface area (Å²) in [4.78, 5) is 27.8. The molecule has 2 aromatic rings. The largest absolute Gasteiger partial charge is 0.484 e. The molecule has 0 spiro atoms. The van der Waals surface area contributed by atoms with E-state index in [2.05, 4.69) is 19.2 Å². The van der Waals surface area contributed by atoms with Gasteiger partial charge < -0.3 is 15.0 Å². The number of hydrogen-bond acceptors (Lipinski definition) is 3. The molecule has 3 rings (SSSR count). The molecule has 5 nitrogen and oxygen atoms in total. The van der Waals surface area contributed by atoms with Crippen molar-refractivity contribution in [2.75, 3.05) is 6.61 Å². The Labute approximate surface area is 212 Å². The second-order valence-corrected chi connectivity index (χ2v) is 10.1. The standard InChI is InChI=1S/C27H34Cl2N2O3/c1-18(2)20-10-13-24(14-11-20)34-17-26(32)31(16-21-9-12-22(28)15-25(21)29)19(3)27(33)30-23-7-5-4-6-8-23/h9-15,18-19,23H,4-8,16-17H2,1-3H3,(H,30,33)/t19-/m1/s1. The third-order valence-electron chi connectivity index (χ3n) is 6.38. The molecule has 0 aliphatic heterocycles. The molecule has 1 saturated carbocycles. The van der Waals surface area contributed by atoms with Crippen molar-refractivity contribution < 1.29 is 14.3 Å². The van der Waals surface area contributed by atoms with Crippen molar-refractivity contribution >= 4 is 35.0 Å². The SMILES string of the molecule is CC(C)c1ccc(OCC(=O)N(Cc2ccc(Cl)cc2Cl)[C@H](C)C(=O)NC2CCCCC2)cc1. The second-order valence-electron chi connectivity index (χ2n) is 9.29. The van der Waals surface area contributed by atoms with Crippen LogP contribution in [0.25, 0.3) is 0 Å². The Hall–Kier alpha value is -2.24. The zero-order chi connectivity index (χ0) is 24.7. The van der Waals surface area contributed by atoms with Gasteiger partial charge in [0.2, 0.25) is 5.91 Å². The molecule has 1 atom stereocenters. The Kier molecular flexibility index (Phi) is 9.66. The van der Waals surface area contributed by atoms with Crippen molar-refractivity contribution in [2.45, 2.75) is 77.4 Å². The lowest BCUT2D eigenvalue weighted by Gasteiger charge is -2.31. The number of ether oxygens (including phenoxy) is 1. The highest BCUT2D eigenvalue weighted by molar-refractivity contribution is 6.35. The molecule has 0 saturated heterocycles. The van der Waals surface area contributed by atoms with Gasteiger partial charge in [-0.1, -0.05) is 74.5 Å². The molecule has 0 aromatic heterocycles. The Balaban J connectivity index is 1.72. The molecule has 0 bridgehead atoms. The van der Waals surface area contributed by atoms with Gasteiger partial charge in [-0.05, 0) is 61.1 Å². The van der Waals surface area contributed by atoms with Crippen LogP contribution in [0, 0.1) is 0 Å². The predicted molar refractivity (Wildman–Crippen MR) is 138 cm³/mol. The molecule has 0 unspecified atom stereocenters. The molecule has 0 heterocycles. The maximum Gasteiger partial charge on any atom is 0.261 e. The number of rotatable bonds is 9. The summed E-state index contributed by atoms with van der Waals surface area (Å²) < 4.78 is 5.77. The molecule has 2 aromatic carbocycles. The summed E-state index contributed by atoms with van der Waals surface area (Å²) in [6, 6.07) is 12.4. The summed E-state index contributed by atoms with van der Waals surface area (Å²) in [7, 11) is 0. The maximum absolute atomic E-state index is 13.3. The summed E-state index contributed by atoms with van der Waals surface area (Å²) in [5.41, 5.74) is 1.92. The van der Waals surface area contributed by atoms with Crippen LogP contribution in [0.2, 0.25) is 10.0 Å². The maximum atomic E-state index is 13.3. The third kappa shape index (κ3) is 7.38. The smallest absolute Gasteiger partial charge is 0.261 e.